The highest BCUT2D eigenvalue weighted by atomic mass is 16.2. The van der Waals surface area contributed by atoms with E-state index in [0.29, 0.717) is 19.3 Å². The fourth-order valence-corrected chi connectivity index (χ4v) is 2.83. The summed E-state index contributed by atoms with van der Waals surface area (Å²) in [6.45, 7) is 3.38. The van der Waals surface area contributed by atoms with Crippen LogP contribution in [0.4, 0.5) is 0 Å². The molecule has 0 radical (unpaired) electrons. The number of amides is 2. The maximum absolute atomic E-state index is 12.9. The largest absolute Gasteiger partial charge is 0.347 e. The molecular weight excluding hydrogens is 340 g/mol. The van der Waals surface area contributed by atoms with Gasteiger partial charge < -0.3 is 16.4 Å². The Balaban J connectivity index is 1.74. The molecular formula is C21H26N4O2. The standard InChI is InChI=1S/C21H26N4O2/c1-20(2,25-19(27)21(22)11-12-21)18(26)24-17(15-8-4-3-5-9-15)14-16-10-6-7-13-23-16/h3-10,13,17H,11-12,14,22H2,1-2H3,(H,24,26)(H,25,27). The minimum Gasteiger partial charge on any atom is -0.347 e. The van der Waals surface area contributed by atoms with Crippen LogP contribution < -0.4 is 16.4 Å². The molecule has 1 aromatic carbocycles. The van der Waals surface area contributed by atoms with Gasteiger partial charge >= 0.3 is 0 Å². The molecule has 2 aromatic rings. The number of nitrogens with zero attached hydrogens (tertiary/aromatic N) is 1. The predicted molar refractivity (Wildman–Crippen MR) is 104 cm³/mol. The molecule has 0 spiro atoms. The van der Waals surface area contributed by atoms with Gasteiger partial charge in [0.25, 0.3) is 0 Å². The highest BCUT2D eigenvalue weighted by Crippen LogP contribution is 2.32. The van der Waals surface area contributed by atoms with Crippen molar-refractivity contribution in [3.63, 3.8) is 0 Å². The van der Waals surface area contributed by atoms with E-state index < -0.39 is 11.1 Å². The van der Waals surface area contributed by atoms with E-state index in [0.717, 1.165) is 11.3 Å². The maximum Gasteiger partial charge on any atom is 0.245 e. The molecule has 1 aromatic heterocycles. The van der Waals surface area contributed by atoms with Crippen LogP contribution >= 0.6 is 0 Å². The summed E-state index contributed by atoms with van der Waals surface area (Å²) in [5.74, 6) is -0.534. The first-order valence-corrected chi connectivity index (χ1v) is 9.17. The summed E-state index contributed by atoms with van der Waals surface area (Å²) in [6, 6.07) is 15.2. The van der Waals surface area contributed by atoms with Crippen molar-refractivity contribution in [2.45, 2.75) is 50.2 Å². The molecule has 0 aliphatic heterocycles. The van der Waals surface area contributed by atoms with Gasteiger partial charge in [0.1, 0.15) is 5.54 Å². The van der Waals surface area contributed by atoms with Crippen LogP contribution in [0.15, 0.2) is 54.7 Å². The normalized spacial score (nSPS) is 16.3. The van der Waals surface area contributed by atoms with Crippen LogP contribution in [0.2, 0.25) is 0 Å². The van der Waals surface area contributed by atoms with Crippen LogP contribution in [0, 0.1) is 0 Å². The van der Waals surface area contributed by atoms with Gasteiger partial charge in [-0.2, -0.15) is 0 Å². The summed E-state index contributed by atoms with van der Waals surface area (Å²) >= 11 is 0. The van der Waals surface area contributed by atoms with Gasteiger partial charge in [-0.25, -0.2) is 0 Å². The number of nitrogens with two attached hydrogens (primary N) is 1. The third kappa shape index (κ3) is 4.71. The molecule has 3 rings (SSSR count). The van der Waals surface area contributed by atoms with E-state index >= 15 is 0 Å². The van der Waals surface area contributed by atoms with Crippen LogP contribution in [0.25, 0.3) is 0 Å². The number of rotatable bonds is 7. The van der Waals surface area contributed by atoms with Crippen LogP contribution in [0.3, 0.4) is 0 Å². The Labute approximate surface area is 159 Å². The first-order valence-electron chi connectivity index (χ1n) is 9.17. The average molecular weight is 366 g/mol. The molecule has 0 bridgehead atoms. The second kappa shape index (κ2) is 7.48. The summed E-state index contributed by atoms with van der Waals surface area (Å²) in [7, 11) is 0. The van der Waals surface area contributed by atoms with Gasteiger partial charge in [0.05, 0.1) is 11.6 Å². The van der Waals surface area contributed by atoms with E-state index in [9.17, 15) is 9.59 Å². The molecule has 1 unspecified atom stereocenters. The molecule has 142 valence electrons. The SMILES string of the molecule is CC(C)(NC(=O)C1(N)CC1)C(=O)NC(Cc1ccccn1)c1ccccc1. The van der Waals surface area contributed by atoms with E-state index in [2.05, 4.69) is 15.6 Å². The van der Waals surface area contributed by atoms with Gasteiger partial charge in [0.15, 0.2) is 0 Å². The Morgan fingerprint density at radius 1 is 1.15 bits per heavy atom. The molecule has 1 aliphatic rings. The van der Waals surface area contributed by atoms with Crippen molar-refractivity contribution in [3.05, 3.63) is 66.0 Å². The van der Waals surface area contributed by atoms with Crippen molar-refractivity contribution >= 4 is 11.8 Å². The lowest BCUT2D eigenvalue weighted by molar-refractivity contribution is -0.133. The number of hydrogen-bond acceptors (Lipinski definition) is 4. The van der Waals surface area contributed by atoms with Gasteiger partial charge in [-0.15, -0.1) is 0 Å². The number of carbonyl (C=O) groups is 2. The summed E-state index contributed by atoms with van der Waals surface area (Å²) in [5.41, 5.74) is 5.92. The third-order valence-corrected chi connectivity index (χ3v) is 4.88. The molecule has 6 nitrogen and oxygen atoms in total. The second-order valence-corrected chi connectivity index (χ2v) is 7.70. The minimum atomic E-state index is -1.07. The van der Waals surface area contributed by atoms with Gasteiger partial charge in [-0.05, 0) is 44.4 Å². The van der Waals surface area contributed by atoms with Crippen LogP contribution in [0.1, 0.15) is 44.0 Å². The van der Waals surface area contributed by atoms with Crippen LogP contribution in [-0.2, 0) is 16.0 Å². The lowest BCUT2D eigenvalue weighted by Crippen LogP contribution is -2.59. The second-order valence-electron chi connectivity index (χ2n) is 7.70. The number of aromatic nitrogens is 1. The number of pyridine rings is 1. The molecule has 27 heavy (non-hydrogen) atoms. The van der Waals surface area contributed by atoms with E-state index in [1.54, 1.807) is 20.0 Å². The van der Waals surface area contributed by atoms with Crippen molar-refractivity contribution in [3.8, 4) is 0 Å². The lowest BCUT2D eigenvalue weighted by Gasteiger charge is -2.29. The molecule has 1 fully saturated rings. The number of benzene rings is 1. The zero-order chi connectivity index (χ0) is 19.5. The smallest absolute Gasteiger partial charge is 0.245 e. The fourth-order valence-electron chi connectivity index (χ4n) is 2.83. The Bertz CT molecular complexity index is 801. The Kier molecular flexibility index (Phi) is 5.28. The number of hydrogen-bond donors (Lipinski definition) is 3. The number of nitrogens with one attached hydrogen (secondary N) is 2. The first kappa shape index (κ1) is 19.0. The summed E-state index contributed by atoms with van der Waals surface area (Å²) in [5, 5.41) is 5.85. The summed E-state index contributed by atoms with van der Waals surface area (Å²) in [6.07, 6.45) is 3.60. The molecule has 4 N–H and O–H groups in total. The van der Waals surface area contributed by atoms with E-state index in [-0.39, 0.29) is 17.9 Å². The van der Waals surface area contributed by atoms with Crippen molar-refractivity contribution in [1.82, 2.24) is 15.6 Å². The quantitative estimate of drug-likeness (QED) is 0.697. The Morgan fingerprint density at radius 3 is 2.41 bits per heavy atom. The van der Waals surface area contributed by atoms with Crippen molar-refractivity contribution in [2.75, 3.05) is 0 Å². The van der Waals surface area contributed by atoms with E-state index in [1.165, 1.54) is 0 Å². The molecule has 2 amide bonds. The maximum atomic E-state index is 12.9. The first-order chi connectivity index (χ1) is 12.8. The van der Waals surface area contributed by atoms with Crippen molar-refractivity contribution < 1.29 is 9.59 Å². The molecule has 1 aliphatic carbocycles. The topological polar surface area (TPSA) is 97.1 Å². The van der Waals surface area contributed by atoms with Crippen molar-refractivity contribution in [1.29, 1.82) is 0 Å². The van der Waals surface area contributed by atoms with Gasteiger partial charge in [-0.1, -0.05) is 36.4 Å². The average Bonchev–Trinajstić information content (AvgIpc) is 3.41. The molecule has 1 atom stereocenters. The molecule has 1 heterocycles. The Hall–Kier alpha value is -2.73. The zero-order valence-corrected chi connectivity index (χ0v) is 15.7. The van der Waals surface area contributed by atoms with Gasteiger partial charge in [-0.3, -0.25) is 14.6 Å². The lowest BCUT2D eigenvalue weighted by atomic mass is 9.98. The fraction of sp³-hybridized carbons (Fsp3) is 0.381. The van der Waals surface area contributed by atoms with Gasteiger partial charge in [0, 0.05) is 18.3 Å². The number of carbonyl (C=O) groups excluding carboxylic acids is 2. The van der Waals surface area contributed by atoms with Crippen LogP contribution in [0.5, 0.6) is 0 Å². The summed E-state index contributed by atoms with van der Waals surface area (Å²) in [4.78, 5) is 29.6. The Morgan fingerprint density at radius 2 is 1.81 bits per heavy atom. The van der Waals surface area contributed by atoms with Crippen molar-refractivity contribution in [2.24, 2.45) is 5.73 Å². The predicted octanol–water partition coefficient (Wildman–Crippen LogP) is 1.87. The van der Waals surface area contributed by atoms with E-state index in [4.69, 9.17) is 5.73 Å². The van der Waals surface area contributed by atoms with E-state index in [1.807, 2.05) is 48.5 Å². The monoisotopic (exact) mass is 366 g/mol. The zero-order valence-electron chi connectivity index (χ0n) is 15.7. The highest BCUT2D eigenvalue weighted by Gasteiger charge is 2.48. The van der Waals surface area contributed by atoms with Gasteiger partial charge in [0.2, 0.25) is 11.8 Å². The minimum absolute atomic E-state index is 0.252. The highest BCUT2D eigenvalue weighted by molar-refractivity contribution is 5.95. The molecule has 1 saturated carbocycles. The molecule has 0 saturated heterocycles. The van der Waals surface area contributed by atoms with Crippen LogP contribution in [-0.4, -0.2) is 27.9 Å². The third-order valence-electron chi connectivity index (χ3n) is 4.88. The molecule has 6 heteroatoms. The summed E-state index contributed by atoms with van der Waals surface area (Å²) < 4.78 is 0.